The molecule has 1 aromatic carbocycles. The molecule has 1 atom stereocenters. The molecule has 32 heavy (non-hydrogen) atoms. The first-order valence-electron chi connectivity index (χ1n) is 10.7. The van der Waals surface area contributed by atoms with Crippen LogP contribution >= 0.6 is 0 Å². The van der Waals surface area contributed by atoms with Crippen molar-refractivity contribution in [3.8, 4) is 0 Å². The van der Waals surface area contributed by atoms with Crippen LogP contribution in [0, 0.1) is 0 Å². The average molecular weight is 466 g/mol. The van der Waals surface area contributed by atoms with E-state index in [4.69, 9.17) is 11.5 Å². The SMILES string of the molecule is Nc1c(C(F)(F)F)cc(C[C@@H](N)C(=O)N2CCC(N3CCCCC3)CC2)cc1C(F)(F)F. The van der Waals surface area contributed by atoms with Crippen LogP contribution in [0.3, 0.4) is 0 Å². The third-order valence-electron chi connectivity index (χ3n) is 6.31. The zero-order chi connectivity index (χ0) is 23.7. The highest BCUT2D eigenvalue weighted by molar-refractivity contribution is 5.82. The highest BCUT2D eigenvalue weighted by Crippen LogP contribution is 2.42. The summed E-state index contributed by atoms with van der Waals surface area (Å²) >= 11 is 0. The highest BCUT2D eigenvalue weighted by atomic mass is 19.4. The van der Waals surface area contributed by atoms with Gasteiger partial charge in [-0.05, 0) is 62.9 Å². The molecule has 0 spiro atoms. The zero-order valence-corrected chi connectivity index (χ0v) is 17.6. The molecule has 2 aliphatic heterocycles. The number of nitrogen functional groups attached to an aromatic ring is 1. The zero-order valence-electron chi connectivity index (χ0n) is 17.6. The first kappa shape index (κ1) is 24.6. The number of piperidine rings is 2. The number of benzene rings is 1. The van der Waals surface area contributed by atoms with Crippen molar-refractivity contribution in [2.75, 3.05) is 31.9 Å². The van der Waals surface area contributed by atoms with Gasteiger partial charge in [-0.2, -0.15) is 26.3 Å². The molecule has 180 valence electrons. The van der Waals surface area contributed by atoms with Crippen molar-refractivity contribution in [3.05, 3.63) is 28.8 Å². The third-order valence-corrected chi connectivity index (χ3v) is 6.31. The maximum Gasteiger partial charge on any atom is 0.418 e. The molecule has 0 aliphatic carbocycles. The Labute approximate surface area is 182 Å². The van der Waals surface area contributed by atoms with Gasteiger partial charge in [-0.1, -0.05) is 6.42 Å². The van der Waals surface area contributed by atoms with Crippen LogP contribution in [0.15, 0.2) is 12.1 Å². The van der Waals surface area contributed by atoms with Gasteiger partial charge in [0.25, 0.3) is 0 Å². The molecular formula is C21H28F6N4O. The van der Waals surface area contributed by atoms with Crippen molar-refractivity contribution in [1.29, 1.82) is 0 Å². The van der Waals surface area contributed by atoms with Gasteiger partial charge in [0.05, 0.1) is 22.9 Å². The molecule has 2 saturated heterocycles. The number of nitrogens with zero attached hydrogens (tertiary/aromatic N) is 2. The van der Waals surface area contributed by atoms with Gasteiger partial charge in [0.2, 0.25) is 5.91 Å². The maximum atomic E-state index is 13.2. The molecule has 0 saturated carbocycles. The van der Waals surface area contributed by atoms with Crippen LogP contribution < -0.4 is 11.5 Å². The molecule has 0 radical (unpaired) electrons. The number of carbonyl (C=O) groups excluding carboxylic acids is 1. The second kappa shape index (κ2) is 9.46. The van der Waals surface area contributed by atoms with Crippen LogP contribution in [-0.2, 0) is 23.6 Å². The summed E-state index contributed by atoms with van der Waals surface area (Å²) in [4.78, 5) is 16.7. The lowest BCUT2D eigenvalue weighted by Gasteiger charge is -2.40. The third kappa shape index (κ3) is 5.67. The van der Waals surface area contributed by atoms with Crippen LogP contribution in [0.25, 0.3) is 0 Å². The summed E-state index contributed by atoms with van der Waals surface area (Å²) in [6.45, 7) is 3.02. The second-order valence-corrected chi connectivity index (χ2v) is 8.56. The smallest absolute Gasteiger partial charge is 0.398 e. The first-order valence-corrected chi connectivity index (χ1v) is 10.7. The molecule has 0 unspecified atom stereocenters. The van der Waals surface area contributed by atoms with Crippen molar-refractivity contribution < 1.29 is 31.1 Å². The van der Waals surface area contributed by atoms with Crippen molar-refractivity contribution >= 4 is 11.6 Å². The molecule has 2 aliphatic rings. The lowest BCUT2D eigenvalue weighted by Crippen LogP contribution is -2.52. The van der Waals surface area contributed by atoms with E-state index in [0.717, 1.165) is 38.8 Å². The quantitative estimate of drug-likeness (QED) is 0.525. The van der Waals surface area contributed by atoms with E-state index in [2.05, 4.69) is 4.90 Å². The molecule has 4 N–H and O–H groups in total. The monoisotopic (exact) mass is 466 g/mol. The minimum absolute atomic E-state index is 0.331. The molecule has 0 aromatic heterocycles. The van der Waals surface area contributed by atoms with Gasteiger partial charge in [0.15, 0.2) is 0 Å². The molecule has 11 heteroatoms. The number of amides is 1. The van der Waals surface area contributed by atoms with Crippen LogP contribution in [0.4, 0.5) is 32.0 Å². The lowest BCUT2D eigenvalue weighted by atomic mass is 9.96. The van der Waals surface area contributed by atoms with Crippen molar-refractivity contribution in [2.24, 2.45) is 5.73 Å². The Balaban J connectivity index is 1.68. The Morgan fingerprint density at radius 3 is 1.91 bits per heavy atom. The predicted octanol–water partition coefficient (Wildman–Crippen LogP) is 3.65. The number of likely N-dealkylation sites (tertiary alicyclic amines) is 2. The first-order chi connectivity index (χ1) is 14.9. The minimum Gasteiger partial charge on any atom is -0.398 e. The van der Waals surface area contributed by atoms with Crippen LogP contribution in [0.2, 0.25) is 0 Å². The lowest BCUT2D eigenvalue weighted by molar-refractivity contribution is -0.141. The number of rotatable bonds is 4. The van der Waals surface area contributed by atoms with Gasteiger partial charge in [0.1, 0.15) is 0 Å². The number of carbonyl (C=O) groups is 1. The summed E-state index contributed by atoms with van der Waals surface area (Å²) in [7, 11) is 0. The number of nitrogens with two attached hydrogens (primary N) is 2. The fourth-order valence-electron chi connectivity index (χ4n) is 4.61. The fourth-order valence-corrected chi connectivity index (χ4v) is 4.61. The molecule has 2 fully saturated rings. The highest BCUT2D eigenvalue weighted by Gasteiger charge is 2.41. The van der Waals surface area contributed by atoms with E-state index < -0.39 is 47.5 Å². The van der Waals surface area contributed by atoms with E-state index in [1.54, 1.807) is 4.90 Å². The van der Waals surface area contributed by atoms with E-state index in [1.807, 2.05) is 0 Å². The van der Waals surface area contributed by atoms with Gasteiger partial charge in [0, 0.05) is 19.1 Å². The topological polar surface area (TPSA) is 75.6 Å². The van der Waals surface area contributed by atoms with Crippen molar-refractivity contribution in [1.82, 2.24) is 9.80 Å². The average Bonchev–Trinajstić information content (AvgIpc) is 2.73. The van der Waals surface area contributed by atoms with Gasteiger partial charge < -0.3 is 21.3 Å². The summed E-state index contributed by atoms with van der Waals surface area (Å²) in [6.07, 6.45) is -5.49. The Hall–Kier alpha value is -2.01. The summed E-state index contributed by atoms with van der Waals surface area (Å²) < 4.78 is 79.3. The molecule has 2 heterocycles. The summed E-state index contributed by atoms with van der Waals surface area (Å²) in [5, 5.41) is 0. The molecule has 3 rings (SSSR count). The molecule has 1 aromatic rings. The number of hydrogen-bond donors (Lipinski definition) is 2. The van der Waals surface area contributed by atoms with E-state index in [-0.39, 0.29) is 5.56 Å². The molecule has 0 bridgehead atoms. The van der Waals surface area contributed by atoms with Gasteiger partial charge in [-0.25, -0.2) is 0 Å². The van der Waals surface area contributed by atoms with Crippen molar-refractivity contribution in [2.45, 2.75) is 63.0 Å². The fraction of sp³-hybridized carbons (Fsp3) is 0.667. The predicted molar refractivity (Wildman–Crippen MR) is 108 cm³/mol. The van der Waals surface area contributed by atoms with Crippen LogP contribution in [-0.4, -0.2) is 54.0 Å². The van der Waals surface area contributed by atoms with Crippen LogP contribution in [0.1, 0.15) is 48.8 Å². The van der Waals surface area contributed by atoms with Gasteiger partial charge >= 0.3 is 12.4 Å². The van der Waals surface area contributed by atoms with Crippen LogP contribution in [0.5, 0.6) is 0 Å². The Bertz CT molecular complexity index is 776. The number of alkyl halides is 6. The van der Waals surface area contributed by atoms with E-state index in [1.165, 1.54) is 6.42 Å². The summed E-state index contributed by atoms with van der Waals surface area (Å²) in [5.74, 6) is -0.471. The summed E-state index contributed by atoms with van der Waals surface area (Å²) in [5.41, 5.74) is 6.20. The Morgan fingerprint density at radius 1 is 0.938 bits per heavy atom. The molecular weight excluding hydrogens is 438 g/mol. The summed E-state index contributed by atoms with van der Waals surface area (Å²) in [6, 6.07) is 0.226. The number of hydrogen-bond acceptors (Lipinski definition) is 4. The number of anilines is 1. The van der Waals surface area contributed by atoms with E-state index in [0.29, 0.717) is 31.3 Å². The van der Waals surface area contributed by atoms with Crippen molar-refractivity contribution in [3.63, 3.8) is 0 Å². The minimum atomic E-state index is -5.06. The number of halogens is 6. The largest absolute Gasteiger partial charge is 0.418 e. The standard InChI is InChI=1S/C21H28F6N4O/c22-20(23,24)15-10-13(11-16(18(15)29)21(25,26)27)12-17(28)19(32)31-8-4-14(5-9-31)30-6-2-1-3-7-30/h10-11,14,17H,1-9,12,28-29H2/t17-/m1/s1. The van der Waals surface area contributed by atoms with Gasteiger partial charge in [-0.15, -0.1) is 0 Å². The Morgan fingerprint density at radius 2 is 1.44 bits per heavy atom. The van der Waals surface area contributed by atoms with Gasteiger partial charge in [-0.3, -0.25) is 4.79 Å². The van der Waals surface area contributed by atoms with E-state index >= 15 is 0 Å². The van der Waals surface area contributed by atoms with E-state index in [9.17, 15) is 31.1 Å². The normalized spacial score (nSPS) is 20.4. The maximum absolute atomic E-state index is 13.2. The molecule has 5 nitrogen and oxygen atoms in total. The second-order valence-electron chi connectivity index (χ2n) is 8.56. The Kier molecular flexibility index (Phi) is 7.28. The molecule has 1 amide bonds.